The second-order valence-corrected chi connectivity index (χ2v) is 10.4. The number of fused-ring (bicyclic) bond motifs is 1. The van der Waals surface area contributed by atoms with Gasteiger partial charge in [-0.3, -0.25) is 14.4 Å². The Morgan fingerprint density at radius 1 is 1.29 bits per heavy atom. The molecule has 4 rings (SSSR count). The molecule has 0 aromatic carbocycles. The molecule has 1 spiro atoms. The number of ether oxygens (including phenoxy) is 2. The Kier molecular flexibility index (Phi) is 6.93. The van der Waals surface area contributed by atoms with Crippen LogP contribution in [-0.2, 0) is 23.9 Å². The van der Waals surface area contributed by atoms with E-state index in [4.69, 9.17) is 9.47 Å². The summed E-state index contributed by atoms with van der Waals surface area (Å²) in [6, 6.07) is -0.652. The van der Waals surface area contributed by atoms with Gasteiger partial charge < -0.3 is 24.8 Å². The summed E-state index contributed by atoms with van der Waals surface area (Å²) in [6.45, 7) is 2.36. The van der Waals surface area contributed by atoms with Crippen LogP contribution >= 0.6 is 15.9 Å². The number of likely N-dealkylation sites (tertiary alicyclic amines) is 1. The van der Waals surface area contributed by atoms with Crippen molar-refractivity contribution in [3.63, 3.8) is 0 Å². The molecule has 2 N–H and O–H groups in total. The fourth-order valence-electron chi connectivity index (χ4n) is 6.10. The van der Waals surface area contributed by atoms with E-state index in [2.05, 4.69) is 21.2 Å². The Balaban J connectivity index is 1.64. The van der Waals surface area contributed by atoms with Crippen LogP contribution in [-0.4, -0.2) is 76.2 Å². The summed E-state index contributed by atoms with van der Waals surface area (Å²) in [6.07, 6.45) is 6.43. The number of carbonyl (C=O) groups excluding carboxylic acids is 3. The zero-order valence-corrected chi connectivity index (χ0v) is 19.6. The molecule has 2 bridgehead atoms. The lowest BCUT2D eigenvalue weighted by atomic mass is 9.70. The number of rotatable bonds is 8. The van der Waals surface area contributed by atoms with Crippen LogP contribution in [0.15, 0.2) is 0 Å². The van der Waals surface area contributed by atoms with Crippen LogP contribution in [0.5, 0.6) is 0 Å². The Morgan fingerprint density at radius 3 is 2.71 bits per heavy atom. The quantitative estimate of drug-likeness (QED) is 0.297. The van der Waals surface area contributed by atoms with Gasteiger partial charge in [0.05, 0.1) is 24.5 Å². The predicted octanol–water partition coefficient (Wildman–Crippen LogP) is 1.52. The van der Waals surface area contributed by atoms with E-state index in [0.717, 1.165) is 25.7 Å². The van der Waals surface area contributed by atoms with Gasteiger partial charge in [-0.05, 0) is 39.0 Å². The molecular formula is C22H33BrN2O6. The molecule has 174 valence electrons. The van der Waals surface area contributed by atoms with E-state index in [-0.39, 0.29) is 35.9 Å². The summed E-state index contributed by atoms with van der Waals surface area (Å²) in [4.78, 5) is 41.4. The fraction of sp³-hybridized carbons (Fsp3) is 0.864. The van der Waals surface area contributed by atoms with E-state index in [9.17, 15) is 19.5 Å². The number of nitrogens with one attached hydrogen (secondary N) is 1. The number of esters is 1. The highest BCUT2D eigenvalue weighted by Crippen LogP contribution is 2.60. The van der Waals surface area contributed by atoms with E-state index in [1.165, 1.54) is 6.42 Å². The van der Waals surface area contributed by atoms with Crippen LogP contribution in [0.25, 0.3) is 0 Å². The summed E-state index contributed by atoms with van der Waals surface area (Å²) >= 11 is 3.64. The predicted molar refractivity (Wildman–Crippen MR) is 115 cm³/mol. The van der Waals surface area contributed by atoms with Crippen molar-refractivity contribution in [2.45, 2.75) is 86.9 Å². The maximum absolute atomic E-state index is 13.6. The maximum atomic E-state index is 13.6. The van der Waals surface area contributed by atoms with Crippen LogP contribution in [0.4, 0.5) is 0 Å². The number of alkyl halides is 1. The molecule has 31 heavy (non-hydrogen) atoms. The van der Waals surface area contributed by atoms with Gasteiger partial charge in [-0.15, -0.1) is 0 Å². The first-order valence-corrected chi connectivity index (χ1v) is 12.6. The number of unbranched alkanes of at least 4 members (excludes halogenated alkanes) is 1. The maximum Gasteiger partial charge on any atom is 0.312 e. The van der Waals surface area contributed by atoms with Crippen molar-refractivity contribution in [3.8, 4) is 0 Å². The van der Waals surface area contributed by atoms with Gasteiger partial charge in [0, 0.05) is 24.0 Å². The molecule has 1 unspecified atom stereocenters. The molecule has 8 nitrogen and oxygen atoms in total. The van der Waals surface area contributed by atoms with Gasteiger partial charge in [-0.25, -0.2) is 0 Å². The molecule has 2 amide bonds. The summed E-state index contributed by atoms with van der Waals surface area (Å²) in [5.41, 5.74) is -1.02. The fourth-order valence-corrected chi connectivity index (χ4v) is 7.04. The standard InChI is InChI=1S/C22H33BrN2O6/c1-2-30-21(29)15-16-20(28)25(10-6-7-11-26)18(22(16)12-14(23)17(15)31-22)19(27)24-13-8-4-3-5-9-13/h13-18,26H,2-12H2,1H3,(H,24,27)/t14?,15-,16+,17-,18-,22+/m0/s1. The van der Waals surface area contributed by atoms with E-state index in [0.29, 0.717) is 25.8 Å². The van der Waals surface area contributed by atoms with Gasteiger partial charge in [0.1, 0.15) is 11.6 Å². The van der Waals surface area contributed by atoms with Crippen molar-refractivity contribution in [2.24, 2.45) is 11.8 Å². The summed E-state index contributed by atoms with van der Waals surface area (Å²) in [5.74, 6) is -2.24. The number of hydrogen-bond donors (Lipinski definition) is 2. The molecule has 3 heterocycles. The third-order valence-corrected chi connectivity index (χ3v) is 8.20. The van der Waals surface area contributed by atoms with Gasteiger partial charge >= 0.3 is 5.97 Å². The van der Waals surface area contributed by atoms with Gasteiger partial charge in [-0.2, -0.15) is 0 Å². The second kappa shape index (κ2) is 9.35. The van der Waals surface area contributed by atoms with Crippen molar-refractivity contribution in [1.29, 1.82) is 0 Å². The molecule has 3 aliphatic heterocycles. The SMILES string of the molecule is CCOC(=O)[C@@H]1[C@H]2O[C@@]3(CC2Br)[C@H](C(=O)NC2CCCCC2)N(CCCCO)C(=O)[C@@H]13. The molecule has 0 radical (unpaired) electrons. The molecule has 9 heteroatoms. The highest BCUT2D eigenvalue weighted by molar-refractivity contribution is 9.09. The molecule has 1 saturated carbocycles. The first kappa shape index (κ1) is 23.0. The van der Waals surface area contributed by atoms with Crippen molar-refractivity contribution in [2.75, 3.05) is 19.8 Å². The normalized spacial score (nSPS) is 37.2. The molecular weight excluding hydrogens is 468 g/mol. The Labute approximate surface area is 191 Å². The van der Waals surface area contributed by atoms with Crippen LogP contribution < -0.4 is 5.32 Å². The summed E-state index contributed by atoms with van der Waals surface area (Å²) < 4.78 is 11.7. The topological polar surface area (TPSA) is 105 Å². The molecule has 0 aromatic rings. The minimum absolute atomic E-state index is 0.0308. The molecule has 3 saturated heterocycles. The van der Waals surface area contributed by atoms with E-state index < -0.39 is 35.6 Å². The van der Waals surface area contributed by atoms with Gasteiger partial charge in [-0.1, -0.05) is 35.2 Å². The molecule has 1 aliphatic carbocycles. The average Bonchev–Trinajstić information content (AvgIpc) is 3.33. The highest BCUT2D eigenvalue weighted by atomic mass is 79.9. The van der Waals surface area contributed by atoms with Gasteiger partial charge in [0.2, 0.25) is 11.8 Å². The highest BCUT2D eigenvalue weighted by Gasteiger charge is 2.76. The lowest BCUT2D eigenvalue weighted by molar-refractivity contribution is -0.154. The van der Waals surface area contributed by atoms with E-state index >= 15 is 0 Å². The first-order valence-electron chi connectivity index (χ1n) is 11.6. The van der Waals surface area contributed by atoms with Gasteiger partial charge in [0.15, 0.2) is 0 Å². The van der Waals surface area contributed by atoms with Crippen molar-refractivity contribution in [3.05, 3.63) is 0 Å². The monoisotopic (exact) mass is 500 g/mol. The third kappa shape index (κ3) is 3.91. The number of amides is 2. The van der Waals surface area contributed by atoms with Crippen LogP contribution in [0.3, 0.4) is 0 Å². The number of hydrogen-bond acceptors (Lipinski definition) is 6. The van der Waals surface area contributed by atoms with Crippen molar-refractivity contribution < 1.29 is 29.0 Å². The van der Waals surface area contributed by atoms with Gasteiger partial charge in [0.25, 0.3) is 0 Å². The number of carbonyl (C=O) groups is 3. The number of aliphatic hydroxyl groups excluding tert-OH is 1. The van der Waals surface area contributed by atoms with E-state index in [1.807, 2.05) is 0 Å². The largest absolute Gasteiger partial charge is 0.466 e. The lowest BCUT2D eigenvalue weighted by Gasteiger charge is -2.35. The van der Waals surface area contributed by atoms with Crippen LogP contribution in [0.1, 0.15) is 58.3 Å². The number of aliphatic hydroxyl groups is 1. The molecule has 4 fully saturated rings. The first-order chi connectivity index (χ1) is 14.9. The Bertz CT molecular complexity index is 714. The van der Waals surface area contributed by atoms with Crippen LogP contribution in [0.2, 0.25) is 0 Å². The molecule has 0 aromatic heterocycles. The summed E-state index contributed by atoms with van der Waals surface area (Å²) in [5, 5.41) is 12.4. The zero-order chi connectivity index (χ0) is 22.2. The lowest BCUT2D eigenvalue weighted by Crippen LogP contribution is -2.57. The smallest absolute Gasteiger partial charge is 0.312 e. The average molecular weight is 501 g/mol. The Morgan fingerprint density at radius 2 is 2.03 bits per heavy atom. The number of halogens is 1. The molecule has 4 aliphatic rings. The second-order valence-electron chi connectivity index (χ2n) is 9.22. The van der Waals surface area contributed by atoms with Crippen LogP contribution in [0, 0.1) is 11.8 Å². The minimum Gasteiger partial charge on any atom is -0.466 e. The number of nitrogens with zero attached hydrogens (tertiary/aromatic N) is 1. The zero-order valence-electron chi connectivity index (χ0n) is 18.1. The molecule has 6 atom stereocenters. The van der Waals surface area contributed by atoms with Crippen molar-refractivity contribution >= 4 is 33.7 Å². The van der Waals surface area contributed by atoms with E-state index in [1.54, 1.807) is 11.8 Å². The minimum atomic E-state index is -1.02. The summed E-state index contributed by atoms with van der Waals surface area (Å²) in [7, 11) is 0. The van der Waals surface area contributed by atoms with Crippen molar-refractivity contribution in [1.82, 2.24) is 10.2 Å². The Hall–Kier alpha value is -1.19. The third-order valence-electron chi connectivity index (χ3n) is 7.35.